The van der Waals surface area contributed by atoms with Gasteiger partial charge in [0.05, 0.1) is 7.05 Å². The number of hydrogen-bond donors (Lipinski definition) is 1. The molecule has 0 aliphatic carbocycles. The lowest BCUT2D eigenvalue weighted by atomic mass is 10.4. The van der Waals surface area contributed by atoms with Crippen molar-refractivity contribution in [1.29, 1.82) is 0 Å². The van der Waals surface area contributed by atoms with Gasteiger partial charge in [0.25, 0.3) is 0 Å². The molecule has 1 aromatic rings. The largest absolute Gasteiger partial charge is 0.367 e. The molecule has 0 amide bonds. The Kier molecular flexibility index (Phi) is 3.71. The number of imidazole rings is 1. The number of nitrogens with one attached hydrogen (secondary N) is 1. The Morgan fingerprint density at radius 3 is 2.95 bits per heavy atom. The van der Waals surface area contributed by atoms with Crippen LogP contribution in [0.4, 0.5) is 5.82 Å². The van der Waals surface area contributed by atoms with Crippen molar-refractivity contribution in [3.05, 3.63) is 27.5 Å². The van der Waals surface area contributed by atoms with Gasteiger partial charge in [-0.2, -0.15) is 9.95 Å². The number of rotatable bonds is 4. The van der Waals surface area contributed by atoms with Crippen LogP contribution in [-0.2, 0) is 7.05 Å². The molecule has 2 rings (SSSR count). The predicted octanol–water partition coefficient (Wildman–Crippen LogP) is 0.600. The number of aromatic nitrogens is 2. The molecule has 0 atom stereocenters. The van der Waals surface area contributed by atoms with E-state index in [-0.39, 0.29) is 5.82 Å². The van der Waals surface area contributed by atoms with Gasteiger partial charge in [0.1, 0.15) is 12.5 Å². The molecule has 1 aliphatic rings. The minimum absolute atomic E-state index is 0.0654. The second kappa shape index (κ2) is 5.28. The van der Waals surface area contributed by atoms with Crippen LogP contribution in [0.25, 0.3) is 5.70 Å². The third-order valence-electron chi connectivity index (χ3n) is 2.32. The molecule has 0 spiro atoms. The van der Waals surface area contributed by atoms with Gasteiger partial charge >= 0.3 is 5.82 Å². The third-order valence-corrected chi connectivity index (χ3v) is 2.94. The number of hydrazine groups is 1. The number of hydrazone groups is 1. The van der Waals surface area contributed by atoms with Crippen LogP contribution in [0.1, 0.15) is 5.82 Å². The van der Waals surface area contributed by atoms with E-state index in [9.17, 15) is 10.1 Å². The van der Waals surface area contributed by atoms with Crippen molar-refractivity contribution in [3.63, 3.8) is 0 Å². The van der Waals surface area contributed by atoms with Crippen LogP contribution in [0.2, 0.25) is 0 Å². The molecule has 2 heterocycles. The normalized spacial score (nSPS) is 15.1. The Morgan fingerprint density at radius 1 is 1.63 bits per heavy atom. The highest BCUT2D eigenvalue weighted by molar-refractivity contribution is 8.00. The summed E-state index contributed by atoms with van der Waals surface area (Å²) in [4.78, 5) is 19.1. The lowest BCUT2D eigenvalue weighted by Gasteiger charge is -2.14. The molecule has 1 aromatic heterocycles. The Morgan fingerprint density at radius 2 is 2.37 bits per heavy atom. The van der Waals surface area contributed by atoms with Gasteiger partial charge in [-0.15, -0.1) is 5.10 Å². The first-order valence-electron chi connectivity index (χ1n) is 5.29. The number of nitrogens with zero attached hydrogens (tertiary/aromatic N) is 6. The molecule has 0 radical (unpaired) electrons. The fourth-order valence-electron chi connectivity index (χ4n) is 1.43. The van der Waals surface area contributed by atoms with Crippen LogP contribution in [0.3, 0.4) is 0 Å². The minimum Gasteiger partial charge on any atom is -0.367 e. The van der Waals surface area contributed by atoms with Crippen LogP contribution in [-0.4, -0.2) is 44.9 Å². The summed E-state index contributed by atoms with van der Waals surface area (Å²) in [6.45, 7) is 0. The molecule has 1 N–H and O–H groups in total. The summed E-state index contributed by atoms with van der Waals surface area (Å²) < 4.78 is 1.41. The minimum atomic E-state index is -0.472. The molecule has 1 aliphatic heterocycles. The molecule has 0 bridgehead atoms. The molecule has 0 saturated heterocycles. The molecule has 0 aromatic carbocycles. The van der Waals surface area contributed by atoms with Crippen molar-refractivity contribution in [2.75, 3.05) is 14.1 Å². The van der Waals surface area contributed by atoms with E-state index in [1.165, 1.54) is 27.8 Å². The van der Waals surface area contributed by atoms with Gasteiger partial charge in [-0.3, -0.25) is 0 Å². The van der Waals surface area contributed by atoms with Crippen LogP contribution in [0.15, 0.2) is 16.7 Å². The topological polar surface area (TPSA) is 91.8 Å². The zero-order valence-electron chi connectivity index (χ0n) is 10.6. The number of nitro groups is 1. The molecule has 10 heteroatoms. The van der Waals surface area contributed by atoms with Crippen molar-refractivity contribution in [2.24, 2.45) is 12.1 Å². The Hall–Kier alpha value is -2.07. The molecular weight excluding hydrogens is 270 g/mol. The van der Waals surface area contributed by atoms with Gasteiger partial charge in [0.2, 0.25) is 5.82 Å². The standard InChI is InChI=1S/C9H13N7O2S/c1-13(2)6-11-15-7(5-19-12-15)9-10-4-8(14(9)3)16(17)18/h4-6,12H,1-3H3. The SMILES string of the molecule is CN(C)C=NN1NSC=C1c1ncc([N+](=O)[O-])n1C. The van der Waals surface area contributed by atoms with E-state index in [1.807, 2.05) is 14.1 Å². The highest BCUT2D eigenvalue weighted by Crippen LogP contribution is 2.28. The Bertz CT molecular complexity index is 551. The average Bonchev–Trinajstić information content (AvgIpc) is 2.91. The predicted molar refractivity (Wildman–Crippen MR) is 72.6 cm³/mol. The highest BCUT2D eigenvalue weighted by Gasteiger charge is 2.26. The maximum absolute atomic E-state index is 10.8. The van der Waals surface area contributed by atoms with Crippen molar-refractivity contribution in [3.8, 4) is 0 Å². The summed E-state index contributed by atoms with van der Waals surface area (Å²) in [6, 6.07) is 0. The lowest BCUT2D eigenvalue weighted by Crippen LogP contribution is -2.25. The van der Waals surface area contributed by atoms with Gasteiger partial charge in [-0.25, -0.2) is 9.55 Å². The lowest BCUT2D eigenvalue weighted by molar-refractivity contribution is -0.391. The maximum atomic E-state index is 10.8. The zero-order valence-corrected chi connectivity index (χ0v) is 11.5. The van der Waals surface area contributed by atoms with E-state index in [0.717, 1.165) is 0 Å². The van der Waals surface area contributed by atoms with E-state index in [2.05, 4.69) is 14.9 Å². The molecular formula is C9H13N7O2S. The quantitative estimate of drug-likeness (QED) is 0.284. The van der Waals surface area contributed by atoms with Crippen molar-refractivity contribution in [1.82, 2.24) is 24.4 Å². The summed E-state index contributed by atoms with van der Waals surface area (Å²) >= 11 is 1.32. The summed E-state index contributed by atoms with van der Waals surface area (Å²) in [7, 11) is 5.29. The average molecular weight is 283 g/mol. The molecule has 0 unspecified atom stereocenters. The maximum Gasteiger partial charge on any atom is 0.342 e. The second-order valence-corrected chi connectivity index (χ2v) is 4.63. The van der Waals surface area contributed by atoms with Gasteiger partial charge in [0.15, 0.2) is 5.70 Å². The van der Waals surface area contributed by atoms with E-state index in [1.54, 1.807) is 23.7 Å². The fourth-order valence-corrected chi connectivity index (χ4v) is 2.04. The van der Waals surface area contributed by atoms with Gasteiger partial charge < -0.3 is 15.0 Å². The van der Waals surface area contributed by atoms with E-state index in [0.29, 0.717) is 11.5 Å². The monoisotopic (exact) mass is 283 g/mol. The summed E-state index contributed by atoms with van der Waals surface area (Å²) in [5, 5.41) is 18.3. The second-order valence-electron chi connectivity index (χ2n) is 3.97. The van der Waals surface area contributed by atoms with Crippen LogP contribution in [0, 0.1) is 10.1 Å². The molecule has 102 valence electrons. The fraction of sp³-hybridized carbons (Fsp3) is 0.333. The molecule has 0 fully saturated rings. The Labute approximate surface area is 113 Å². The number of hydrogen-bond acceptors (Lipinski definition) is 7. The van der Waals surface area contributed by atoms with Crippen molar-refractivity contribution < 1.29 is 4.92 Å². The highest BCUT2D eigenvalue weighted by atomic mass is 32.2. The Balaban J connectivity index is 2.28. The first-order chi connectivity index (χ1) is 9.00. The first-order valence-corrected chi connectivity index (χ1v) is 6.17. The van der Waals surface area contributed by atoms with Crippen molar-refractivity contribution in [2.45, 2.75) is 0 Å². The van der Waals surface area contributed by atoms with E-state index in [4.69, 9.17) is 0 Å². The van der Waals surface area contributed by atoms with Gasteiger partial charge in [0, 0.05) is 19.5 Å². The molecule has 9 nitrogen and oxygen atoms in total. The smallest absolute Gasteiger partial charge is 0.342 e. The summed E-state index contributed by atoms with van der Waals surface area (Å²) in [6.07, 6.45) is 2.84. The van der Waals surface area contributed by atoms with Gasteiger partial charge in [-0.05, 0) is 16.9 Å². The van der Waals surface area contributed by atoms with Crippen LogP contribution >= 0.6 is 11.9 Å². The van der Waals surface area contributed by atoms with Crippen LogP contribution in [0.5, 0.6) is 0 Å². The van der Waals surface area contributed by atoms with E-state index >= 15 is 0 Å². The van der Waals surface area contributed by atoms with E-state index < -0.39 is 4.92 Å². The zero-order chi connectivity index (χ0) is 14.0. The summed E-state index contributed by atoms with van der Waals surface area (Å²) in [5.41, 5.74) is 0.652. The third kappa shape index (κ3) is 2.69. The molecule has 19 heavy (non-hydrogen) atoms. The van der Waals surface area contributed by atoms with Crippen molar-refractivity contribution >= 4 is 29.8 Å². The summed E-state index contributed by atoms with van der Waals surface area (Å²) in [5.74, 6) is 0.407. The van der Waals surface area contributed by atoms with Crippen LogP contribution < -0.4 is 4.83 Å². The van der Waals surface area contributed by atoms with Gasteiger partial charge in [-0.1, -0.05) is 0 Å². The first kappa shape index (κ1) is 13.4. The molecule has 0 saturated carbocycles.